The van der Waals surface area contributed by atoms with Gasteiger partial charge in [0.25, 0.3) is 0 Å². The monoisotopic (exact) mass is 672 g/mol. The average Bonchev–Trinajstić information content (AvgIpc) is 3.57. The SMILES string of the molecule is N#Cc1ccc(-c2cccc(-c3cccc(-c4c5ccccc5c(-c5ccccc5)c5ccccc45)c3)c2)cc1-n1c2ccccc2c2ccccc21. The summed E-state index contributed by atoms with van der Waals surface area (Å²) in [4.78, 5) is 0. The number of para-hydroxylation sites is 2. The molecule has 1 heterocycles. The molecule has 9 aromatic carbocycles. The van der Waals surface area contributed by atoms with Crippen LogP contribution in [0.3, 0.4) is 0 Å². The van der Waals surface area contributed by atoms with Crippen LogP contribution in [0.15, 0.2) is 194 Å². The van der Waals surface area contributed by atoms with Crippen molar-refractivity contribution >= 4 is 43.4 Å². The highest BCUT2D eigenvalue weighted by atomic mass is 15.0. The Bertz CT molecular complexity index is 2960. The van der Waals surface area contributed by atoms with E-state index in [2.05, 4.69) is 199 Å². The van der Waals surface area contributed by atoms with E-state index in [1.807, 2.05) is 6.07 Å². The van der Waals surface area contributed by atoms with E-state index in [1.54, 1.807) is 0 Å². The molecule has 1 aromatic heterocycles. The Balaban J connectivity index is 1.11. The fraction of sp³-hybridized carbons (Fsp3) is 0. The minimum Gasteiger partial charge on any atom is -0.308 e. The van der Waals surface area contributed by atoms with Gasteiger partial charge in [0.15, 0.2) is 0 Å². The summed E-state index contributed by atoms with van der Waals surface area (Å²) in [6, 6.07) is 71.6. The zero-order valence-electron chi connectivity index (χ0n) is 28.9. The second-order valence-corrected chi connectivity index (χ2v) is 13.6. The summed E-state index contributed by atoms with van der Waals surface area (Å²) in [5.74, 6) is 0. The molecule has 246 valence electrons. The van der Waals surface area contributed by atoms with E-state index in [0.717, 1.165) is 39.0 Å². The van der Waals surface area contributed by atoms with Gasteiger partial charge in [0.2, 0.25) is 0 Å². The molecular formula is C51H32N2. The predicted molar refractivity (Wildman–Crippen MR) is 222 cm³/mol. The number of hydrogen-bond donors (Lipinski definition) is 0. The Hall–Kier alpha value is -7.21. The number of nitrogens with zero attached hydrogens (tertiary/aromatic N) is 2. The Labute approximate surface area is 308 Å². The fourth-order valence-electron chi connectivity index (χ4n) is 8.26. The van der Waals surface area contributed by atoms with Crippen molar-refractivity contribution in [3.63, 3.8) is 0 Å². The van der Waals surface area contributed by atoms with E-state index in [0.29, 0.717) is 5.56 Å². The molecule has 0 bridgehead atoms. The van der Waals surface area contributed by atoms with Crippen molar-refractivity contribution in [2.75, 3.05) is 0 Å². The van der Waals surface area contributed by atoms with Crippen molar-refractivity contribution < 1.29 is 0 Å². The third-order valence-electron chi connectivity index (χ3n) is 10.6. The molecule has 0 saturated heterocycles. The minimum atomic E-state index is 0.641. The van der Waals surface area contributed by atoms with Crippen LogP contribution in [-0.4, -0.2) is 4.57 Å². The third-order valence-corrected chi connectivity index (χ3v) is 10.6. The standard InChI is InChI=1S/C51H32N2/c52-33-40-29-28-38(32-49(40)53-47-26-10-8-20-41(47)42-21-9-11-27-48(42)53)36-17-12-16-35(30-36)37-18-13-19-39(31-37)51-45-24-6-4-22-43(45)50(34-14-2-1-3-15-34)44-23-5-7-25-46(44)51/h1-32H. The van der Waals surface area contributed by atoms with Gasteiger partial charge in [-0.25, -0.2) is 0 Å². The van der Waals surface area contributed by atoms with E-state index in [-0.39, 0.29) is 0 Å². The average molecular weight is 673 g/mol. The number of benzene rings is 9. The maximum absolute atomic E-state index is 10.3. The fourth-order valence-corrected chi connectivity index (χ4v) is 8.26. The summed E-state index contributed by atoms with van der Waals surface area (Å²) in [5, 5.41) is 17.6. The highest BCUT2D eigenvalue weighted by Gasteiger charge is 2.18. The molecule has 0 N–H and O–H groups in total. The molecule has 0 aliphatic rings. The van der Waals surface area contributed by atoms with Crippen LogP contribution in [0.2, 0.25) is 0 Å². The van der Waals surface area contributed by atoms with Gasteiger partial charge in [0, 0.05) is 10.8 Å². The highest BCUT2D eigenvalue weighted by Crippen LogP contribution is 2.44. The lowest BCUT2D eigenvalue weighted by molar-refractivity contribution is 1.17. The molecule has 0 aliphatic heterocycles. The van der Waals surface area contributed by atoms with E-state index in [4.69, 9.17) is 0 Å². The number of aromatic nitrogens is 1. The molecule has 2 heteroatoms. The molecule has 0 atom stereocenters. The summed E-state index contributed by atoms with van der Waals surface area (Å²) in [6.07, 6.45) is 0. The Morgan fingerprint density at radius 3 is 1.25 bits per heavy atom. The minimum absolute atomic E-state index is 0.641. The van der Waals surface area contributed by atoms with Gasteiger partial charge in [-0.1, -0.05) is 158 Å². The molecular weight excluding hydrogens is 641 g/mol. The van der Waals surface area contributed by atoms with E-state index >= 15 is 0 Å². The summed E-state index contributed by atoms with van der Waals surface area (Å²) < 4.78 is 2.23. The number of nitriles is 1. The molecule has 53 heavy (non-hydrogen) atoms. The first-order chi connectivity index (χ1) is 26.3. The highest BCUT2D eigenvalue weighted by molar-refractivity contribution is 6.21. The maximum atomic E-state index is 10.3. The van der Waals surface area contributed by atoms with Gasteiger partial charge in [0.1, 0.15) is 6.07 Å². The van der Waals surface area contributed by atoms with Gasteiger partial charge < -0.3 is 4.57 Å². The largest absolute Gasteiger partial charge is 0.308 e. The zero-order valence-corrected chi connectivity index (χ0v) is 28.9. The maximum Gasteiger partial charge on any atom is 0.101 e. The smallest absolute Gasteiger partial charge is 0.101 e. The molecule has 0 spiro atoms. The van der Waals surface area contributed by atoms with Crippen LogP contribution in [-0.2, 0) is 0 Å². The van der Waals surface area contributed by atoms with E-state index < -0.39 is 0 Å². The van der Waals surface area contributed by atoms with Crippen LogP contribution in [0.5, 0.6) is 0 Å². The van der Waals surface area contributed by atoms with Crippen LogP contribution in [0.25, 0.3) is 93.5 Å². The van der Waals surface area contributed by atoms with E-state index in [1.165, 1.54) is 54.6 Å². The first kappa shape index (κ1) is 30.6. The van der Waals surface area contributed by atoms with Crippen molar-refractivity contribution in [2.24, 2.45) is 0 Å². The first-order valence-electron chi connectivity index (χ1n) is 18.0. The summed E-state index contributed by atoms with van der Waals surface area (Å²) in [7, 11) is 0. The second-order valence-electron chi connectivity index (χ2n) is 13.6. The number of fused-ring (bicyclic) bond motifs is 5. The van der Waals surface area contributed by atoms with Gasteiger partial charge in [0.05, 0.1) is 22.3 Å². The van der Waals surface area contributed by atoms with Crippen LogP contribution in [0, 0.1) is 11.3 Å². The van der Waals surface area contributed by atoms with Gasteiger partial charge in [-0.2, -0.15) is 5.26 Å². The van der Waals surface area contributed by atoms with Crippen LogP contribution >= 0.6 is 0 Å². The molecule has 0 unspecified atom stereocenters. The quantitative estimate of drug-likeness (QED) is 0.167. The molecule has 0 saturated carbocycles. The Kier molecular flexibility index (Phi) is 7.23. The topological polar surface area (TPSA) is 28.7 Å². The lowest BCUT2D eigenvalue weighted by Gasteiger charge is -2.18. The van der Waals surface area contributed by atoms with Crippen LogP contribution in [0.1, 0.15) is 5.56 Å². The van der Waals surface area contributed by atoms with Crippen LogP contribution < -0.4 is 0 Å². The molecule has 0 radical (unpaired) electrons. The lowest BCUT2D eigenvalue weighted by atomic mass is 9.85. The Morgan fingerprint density at radius 1 is 0.321 bits per heavy atom. The lowest BCUT2D eigenvalue weighted by Crippen LogP contribution is -1.98. The molecule has 0 aliphatic carbocycles. The first-order valence-corrected chi connectivity index (χ1v) is 18.0. The Morgan fingerprint density at radius 2 is 0.717 bits per heavy atom. The van der Waals surface area contributed by atoms with Gasteiger partial charge >= 0.3 is 0 Å². The molecule has 10 aromatic rings. The van der Waals surface area contributed by atoms with Crippen molar-refractivity contribution in [3.8, 4) is 56.3 Å². The molecule has 10 rings (SSSR count). The predicted octanol–water partition coefficient (Wildman–Crippen LogP) is 13.6. The third kappa shape index (κ3) is 5.02. The van der Waals surface area contributed by atoms with Crippen LogP contribution in [0.4, 0.5) is 0 Å². The number of rotatable bonds is 5. The summed E-state index contributed by atoms with van der Waals surface area (Å²) >= 11 is 0. The van der Waals surface area contributed by atoms with Crippen molar-refractivity contribution in [1.82, 2.24) is 4.57 Å². The van der Waals surface area contributed by atoms with E-state index in [9.17, 15) is 5.26 Å². The van der Waals surface area contributed by atoms with Crippen molar-refractivity contribution in [2.45, 2.75) is 0 Å². The van der Waals surface area contributed by atoms with Crippen molar-refractivity contribution in [1.29, 1.82) is 5.26 Å². The summed E-state index contributed by atoms with van der Waals surface area (Å²) in [5.41, 5.74) is 13.1. The zero-order chi connectivity index (χ0) is 35.3. The summed E-state index contributed by atoms with van der Waals surface area (Å²) in [6.45, 7) is 0. The van der Waals surface area contributed by atoms with Gasteiger partial charge in [-0.15, -0.1) is 0 Å². The van der Waals surface area contributed by atoms with Gasteiger partial charge in [-0.05, 0) is 102 Å². The number of hydrogen-bond acceptors (Lipinski definition) is 1. The molecule has 2 nitrogen and oxygen atoms in total. The van der Waals surface area contributed by atoms with Gasteiger partial charge in [-0.3, -0.25) is 0 Å². The molecule has 0 fully saturated rings. The molecule has 0 amide bonds. The second kappa shape index (κ2) is 12.5. The normalized spacial score (nSPS) is 11.4. The van der Waals surface area contributed by atoms with Crippen molar-refractivity contribution in [3.05, 3.63) is 200 Å².